The largest absolute Gasteiger partial charge is 0.465 e. The van der Waals surface area contributed by atoms with Gasteiger partial charge in [-0.3, -0.25) is 9.36 Å². The van der Waals surface area contributed by atoms with Crippen molar-refractivity contribution in [1.82, 2.24) is 5.09 Å². The number of ether oxygens (including phenoxy) is 1. The second-order valence-electron chi connectivity index (χ2n) is 2.90. The quantitative estimate of drug-likeness (QED) is 0.515. The van der Waals surface area contributed by atoms with E-state index in [0.29, 0.717) is 6.61 Å². The Morgan fingerprint density at radius 2 is 2.23 bits per heavy atom. The second kappa shape index (κ2) is 5.37. The Balaban J connectivity index is 3.90. The molecule has 0 spiro atoms. The monoisotopic (exact) mass is 209 g/mol. The van der Waals surface area contributed by atoms with E-state index >= 15 is 0 Å². The predicted molar refractivity (Wildman–Crippen MR) is 49.6 cm³/mol. The molecule has 0 fully saturated rings. The van der Waals surface area contributed by atoms with Gasteiger partial charge in [-0.25, -0.2) is 5.09 Å². The van der Waals surface area contributed by atoms with Crippen LogP contribution in [-0.4, -0.2) is 30.2 Å². The first-order chi connectivity index (χ1) is 5.87. The lowest BCUT2D eigenvalue weighted by atomic mass is 10.4. The Labute approximate surface area is 78.0 Å². The first-order valence-corrected chi connectivity index (χ1v) is 6.22. The normalized spacial score (nSPS) is 17.5. The summed E-state index contributed by atoms with van der Waals surface area (Å²) in [4.78, 5) is 20.0. The van der Waals surface area contributed by atoms with E-state index in [9.17, 15) is 9.36 Å². The molecule has 6 heteroatoms. The Kier molecular flexibility index (Phi) is 5.21. The molecule has 0 amide bonds. The van der Waals surface area contributed by atoms with Gasteiger partial charge >= 0.3 is 5.97 Å². The van der Waals surface area contributed by atoms with Crippen molar-refractivity contribution in [2.45, 2.75) is 26.3 Å². The maximum atomic E-state index is 11.1. The minimum atomic E-state index is -3.36. The topological polar surface area (TPSA) is 75.6 Å². The molecule has 2 unspecified atom stereocenters. The molecular formula is C7H16NO4P. The summed E-state index contributed by atoms with van der Waals surface area (Å²) in [6.07, 6.45) is 0.737. The van der Waals surface area contributed by atoms with Gasteiger partial charge in [0.1, 0.15) is 6.04 Å². The van der Waals surface area contributed by atoms with Crippen molar-refractivity contribution in [3.8, 4) is 0 Å². The molecule has 0 heterocycles. The Bertz CT molecular complexity index is 213. The van der Waals surface area contributed by atoms with Crippen LogP contribution in [-0.2, 0) is 14.1 Å². The molecule has 0 saturated carbocycles. The van der Waals surface area contributed by atoms with E-state index in [-0.39, 0.29) is 0 Å². The van der Waals surface area contributed by atoms with E-state index < -0.39 is 19.5 Å². The molecular weight excluding hydrogens is 193 g/mol. The fourth-order valence-electron chi connectivity index (χ4n) is 0.740. The van der Waals surface area contributed by atoms with Gasteiger partial charge in [-0.1, -0.05) is 6.92 Å². The highest BCUT2D eigenvalue weighted by atomic mass is 31.2. The van der Waals surface area contributed by atoms with Gasteiger partial charge in [0.2, 0.25) is 0 Å². The fraction of sp³-hybridized carbons (Fsp3) is 0.857. The van der Waals surface area contributed by atoms with Crippen molar-refractivity contribution >= 4 is 13.5 Å². The van der Waals surface area contributed by atoms with Gasteiger partial charge in [0.25, 0.3) is 7.52 Å². The molecule has 0 radical (unpaired) electrons. The molecule has 0 bridgehead atoms. The third-order valence-corrected chi connectivity index (χ3v) is 2.10. The highest BCUT2D eigenvalue weighted by Gasteiger charge is 2.20. The molecule has 0 aromatic carbocycles. The molecule has 78 valence electrons. The van der Waals surface area contributed by atoms with E-state index in [1.807, 2.05) is 6.92 Å². The summed E-state index contributed by atoms with van der Waals surface area (Å²) in [5.74, 6) is -0.502. The summed E-state index contributed by atoms with van der Waals surface area (Å²) in [7, 11) is -3.36. The van der Waals surface area contributed by atoms with Crippen LogP contribution in [0.15, 0.2) is 0 Å². The molecule has 0 rings (SSSR count). The smallest absolute Gasteiger partial charge is 0.323 e. The van der Waals surface area contributed by atoms with Crippen LogP contribution in [0.25, 0.3) is 0 Å². The number of hydrogen-bond donors (Lipinski definition) is 2. The molecule has 0 aromatic rings. The molecule has 5 nitrogen and oxygen atoms in total. The first-order valence-electron chi connectivity index (χ1n) is 4.11. The number of nitrogens with one attached hydrogen (secondary N) is 1. The van der Waals surface area contributed by atoms with E-state index in [1.165, 1.54) is 6.92 Å². The summed E-state index contributed by atoms with van der Waals surface area (Å²) >= 11 is 0. The summed E-state index contributed by atoms with van der Waals surface area (Å²) in [5, 5.41) is 2.26. The maximum absolute atomic E-state index is 11.1. The van der Waals surface area contributed by atoms with E-state index in [1.54, 1.807) is 0 Å². The highest BCUT2D eigenvalue weighted by molar-refractivity contribution is 7.55. The van der Waals surface area contributed by atoms with E-state index in [4.69, 9.17) is 9.63 Å². The van der Waals surface area contributed by atoms with Crippen LogP contribution in [0.5, 0.6) is 0 Å². The maximum Gasteiger partial charge on any atom is 0.323 e. The summed E-state index contributed by atoms with van der Waals surface area (Å²) < 4.78 is 15.6. The Morgan fingerprint density at radius 3 is 2.62 bits per heavy atom. The van der Waals surface area contributed by atoms with Gasteiger partial charge in [0.05, 0.1) is 6.61 Å². The average Bonchev–Trinajstić information content (AvgIpc) is 1.96. The third kappa shape index (κ3) is 6.75. The van der Waals surface area contributed by atoms with Gasteiger partial charge in [-0.15, -0.1) is 0 Å². The number of carbonyl (C=O) groups excluding carboxylic acids is 1. The number of carbonyl (C=O) groups is 1. The van der Waals surface area contributed by atoms with Crippen molar-refractivity contribution in [2.24, 2.45) is 0 Å². The summed E-state index contributed by atoms with van der Waals surface area (Å²) in [6.45, 7) is 4.84. The van der Waals surface area contributed by atoms with Crippen molar-refractivity contribution in [2.75, 3.05) is 13.3 Å². The van der Waals surface area contributed by atoms with Crippen LogP contribution in [0, 0.1) is 0 Å². The molecule has 2 N–H and O–H groups in total. The Hall–Kier alpha value is -0.380. The molecule has 2 atom stereocenters. The second-order valence-corrected chi connectivity index (χ2v) is 4.91. The predicted octanol–water partition coefficient (Wildman–Crippen LogP) is 0.733. The minimum absolute atomic E-state index is 0.338. The molecule has 0 aliphatic carbocycles. The summed E-state index contributed by atoms with van der Waals surface area (Å²) in [6, 6.07) is -0.743. The van der Waals surface area contributed by atoms with Gasteiger partial charge in [0.15, 0.2) is 0 Å². The van der Waals surface area contributed by atoms with Gasteiger partial charge < -0.3 is 9.63 Å². The van der Waals surface area contributed by atoms with Crippen LogP contribution in [0.4, 0.5) is 0 Å². The van der Waals surface area contributed by atoms with Crippen molar-refractivity contribution in [1.29, 1.82) is 0 Å². The minimum Gasteiger partial charge on any atom is -0.465 e. The average molecular weight is 209 g/mol. The van der Waals surface area contributed by atoms with Crippen LogP contribution in [0.2, 0.25) is 0 Å². The lowest BCUT2D eigenvalue weighted by molar-refractivity contribution is -0.145. The van der Waals surface area contributed by atoms with Crippen molar-refractivity contribution in [3.63, 3.8) is 0 Å². The first kappa shape index (κ1) is 12.6. The van der Waals surface area contributed by atoms with Crippen molar-refractivity contribution < 1.29 is 19.0 Å². The van der Waals surface area contributed by atoms with E-state index in [0.717, 1.165) is 13.1 Å². The SMILES string of the molecule is CCCOC(=O)C(C)NP(C)(=O)O. The molecule has 0 aliphatic heterocycles. The van der Waals surface area contributed by atoms with E-state index in [2.05, 4.69) is 5.09 Å². The zero-order valence-electron chi connectivity index (χ0n) is 8.11. The Morgan fingerprint density at radius 1 is 1.69 bits per heavy atom. The zero-order valence-corrected chi connectivity index (χ0v) is 9.01. The molecule has 0 aliphatic rings. The number of hydrogen-bond acceptors (Lipinski definition) is 3. The van der Waals surface area contributed by atoms with Crippen LogP contribution in [0.3, 0.4) is 0 Å². The van der Waals surface area contributed by atoms with Crippen LogP contribution < -0.4 is 5.09 Å². The number of rotatable bonds is 5. The van der Waals surface area contributed by atoms with Gasteiger partial charge in [-0.05, 0) is 13.3 Å². The highest BCUT2D eigenvalue weighted by Crippen LogP contribution is 2.29. The lowest BCUT2D eigenvalue weighted by Gasteiger charge is -2.14. The zero-order chi connectivity index (χ0) is 10.5. The third-order valence-electron chi connectivity index (χ3n) is 1.24. The summed E-state index contributed by atoms with van der Waals surface area (Å²) in [5.41, 5.74) is 0. The lowest BCUT2D eigenvalue weighted by Crippen LogP contribution is -2.33. The van der Waals surface area contributed by atoms with Gasteiger partial charge in [0, 0.05) is 6.66 Å². The van der Waals surface area contributed by atoms with Crippen molar-refractivity contribution in [3.05, 3.63) is 0 Å². The molecule has 13 heavy (non-hydrogen) atoms. The molecule has 0 saturated heterocycles. The van der Waals surface area contributed by atoms with Crippen LogP contribution in [0.1, 0.15) is 20.3 Å². The van der Waals surface area contributed by atoms with Crippen LogP contribution >= 0.6 is 7.52 Å². The molecule has 0 aromatic heterocycles. The fourth-order valence-corrected chi connectivity index (χ4v) is 1.56. The number of esters is 1. The van der Waals surface area contributed by atoms with Gasteiger partial charge in [-0.2, -0.15) is 0 Å². The standard InChI is InChI=1S/C7H16NO4P/c1-4-5-12-7(9)6(2)8-13(3,10)11/h6H,4-5H2,1-3H3,(H2,8,10,11).